The van der Waals surface area contributed by atoms with Gasteiger partial charge in [-0.1, -0.05) is 110 Å². The van der Waals surface area contributed by atoms with Crippen LogP contribution in [0.3, 0.4) is 0 Å². The summed E-state index contributed by atoms with van der Waals surface area (Å²) in [5, 5.41) is 12.3. The molecule has 3 aromatic rings. The molecule has 5 atom stereocenters. The number of ketones is 1. The Morgan fingerprint density at radius 3 is 1.75 bits per heavy atom. The maximum atomic E-state index is 14.0. The zero-order valence-electron chi connectivity index (χ0n) is 27.7. The van der Waals surface area contributed by atoms with Crippen LogP contribution in [0, 0.1) is 5.92 Å². The molecule has 3 amide bonds. The molecule has 48 heavy (non-hydrogen) atoms. The van der Waals surface area contributed by atoms with Crippen molar-refractivity contribution in [2.75, 3.05) is 6.61 Å². The standard InChI is InChI=1S/C37H44N6O5/c1-25(2)21-30(33(44)37(3)24-48-37)40-35(46)31(22-27-15-9-5-10-16-27)41-34(45)29(20-19-26-13-7-4-8-14-26)39-36(47)32(42-43-38)23-28-17-11-6-12-18-28/h4-18,25,29-32H,19-24H2,1-3H3,(H,39,47)(H,40,46)(H,41,45)/t29-,30-,31-,32-,37+/m0/s1. The number of nitrogens with one attached hydrogen (secondary N) is 3. The summed E-state index contributed by atoms with van der Waals surface area (Å²) in [6, 6.07) is 23.9. The van der Waals surface area contributed by atoms with Crippen LogP contribution >= 0.6 is 0 Å². The van der Waals surface area contributed by atoms with E-state index in [1.54, 1.807) is 6.92 Å². The van der Waals surface area contributed by atoms with E-state index < -0.39 is 47.5 Å². The van der Waals surface area contributed by atoms with Gasteiger partial charge in [0.2, 0.25) is 17.7 Å². The number of hydrogen-bond acceptors (Lipinski definition) is 6. The van der Waals surface area contributed by atoms with Crippen molar-refractivity contribution in [1.82, 2.24) is 16.0 Å². The van der Waals surface area contributed by atoms with Crippen LogP contribution < -0.4 is 16.0 Å². The summed E-state index contributed by atoms with van der Waals surface area (Å²) < 4.78 is 5.39. The molecular weight excluding hydrogens is 608 g/mol. The largest absolute Gasteiger partial charge is 0.361 e. The van der Waals surface area contributed by atoms with Crippen LogP contribution in [-0.2, 0) is 43.2 Å². The summed E-state index contributed by atoms with van der Waals surface area (Å²) in [7, 11) is 0. The summed E-state index contributed by atoms with van der Waals surface area (Å²) in [4.78, 5) is 57.6. The van der Waals surface area contributed by atoms with Crippen LogP contribution in [0.15, 0.2) is 96.1 Å². The van der Waals surface area contributed by atoms with Crippen LogP contribution in [0.1, 0.15) is 50.3 Å². The van der Waals surface area contributed by atoms with E-state index in [0.717, 1.165) is 16.7 Å². The molecule has 1 aliphatic heterocycles. The minimum absolute atomic E-state index is 0.112. The lowest BCUT2D eigenvalue weighted by Gasteiger charge is -2.27. The molecule has 0 saturated carbocycles. The smallest absolute Gasteiger partial charge is 0.243 e. The van der Waals surface area contributed by atoms with Gasteiger partial charge in [0.25, 0.3) is 0 Å². The number of amides is 3. The molecule has 0 radical (unpaired) electrons. The van der Waals surface area contributed by atoms with Crippen molar-refractivity contribution >= 4 is 23.5 Å². The molecular formula is C37H44N6O5. The van der Waals surface area contributed by atoms with Gasteiger partial charge < -0.3 is 20.7 Å². The summed E-state index contributed by atoms with van der Waals surface area (Å²) in [5.74, 6) is -1.78. The van der Waals surface area contributed by atoms with Gasteiger partial charge in [-0.05, 0) is 60.7 Å². The molecule has 1 aliphatic rings. The first-order valence-corrected chi connectivity index (χ1v) is 16.3. The molecule has 0 bridgehead atoms. The first-order chi connectivity index (χ1) is 23.1. The molecule has 11 heteroatoms. The van der Waals surface area contributed by atoms with E-state index in [-0.39, 0.29) is 31.0 Å². The Kier molecular flexibility index (Phi) is 12.9. The Bertz CT molecular complexity index is 1570. The van der Waals surface area contributed by atoms with E-state index in [0.29, 0.717) is 19.4 Å². The molecule has 0 aromatic heterocycles. The third-order valence-electron chi connectivity index (χ3n) is 8.32. The molecule has 0 spiro atoms. The first kappa shape index (κ1) is 35.9. The summed E-state index contributed by atoms with van der Waals surface area (Å²) in [6.45, 7) is 5.93. The lowest BCUT2D eigenvalue weighted by molar-refractivity contribution is -0.134. The molecule has 0 unspecified atom stereocenters. The number of nitrogens with zero attached hydrogens (tertiary/aromatic N) is 3. The Balaban J connectivity index is 1.57. The second kappa shape index (κ2) is 17.2. The molecule has 3 aromatic carbocycles. The highest BCUT2D eigenvalue weighted by molar-refractivity contribution is 5.98. The zero-order chi connectivity index (χ0) is 34.5. The number of hydrogen-bond donors (Lipinski definition) is 3. The monoisotopic (exact) mass is 652 g/mol. The van der Waals surface area contributed by atoms with Crippen LogP contribution in [0.25, 0.3) is 10.4 Å². The van der Waals surface area contributed by atoms with Crippen LogP contribution in [0.2, 0.25) is 0 Å². The number of Topliss-reactive ketones (excluding diaryl/α,β-unsaturated/α-hetero) is 1. The molecule has 4 rings (SSSR count). The van der Waals surface area contributed by atoms with E-state index in [2.05, 4.69) is 26.0 Å². The minimum Gasteiger partial charge on any atom is -0.361 e. The highest BCUT2D eigenvalue weighted by atomic mass is 16.6. The van der Waals surface area contributed by atoms with Crippen LogP contribution in [-0.4, -0.2) is 59.9 Å². The number of rotatable bonds is 18. The molecule has 0 aliphatic carbocycles. The number of azide groups is 1. The predicted octanol–water partition coefficient (Wildman–Crippen LogP) is 4.64. The third kappa shape index (κ3) is 10.8. The summed E-state index contributed by atoms with van der Waals surface area (Å²) in [6.07, 6.45) is 1.40. The number of benzene rings is 3. The second-order valence-electron chi connectivity index (χ2n) is 12.8. The van der Waals surface area contributed by atoms with Crippen LogP contribution in [0.4, 0.5) is 0 Å². The quantitative estimate of drug-likeness (QED) is 0.0787. The van der Waals surface area contributed by atoms with Gasteiger partial charge in [0, 0.05) is 11.3 Å². The van der Waals surface area contributed by atoms with Crippen LogP contribution in [0.5, 0.6) is 0 Å². The van der Waals surface area contributed by atoms with E-state index in [1.165, 1.54) is 0 Å². The first-order valence-electron chi connectivity index (χ1n) is 16.3. The Hall–Kier alpha value is -4.99. The highest BCUT2D eigenvalue weighted by Crippen LogP contribution is 2.29. The molecule has 252 valence electrons. The van der Waals surface area contributed by atoms with Gasteiger partial charge in [-0.3, -0.25) is 19.2 Å². The number of carbonyl (C=O) groups is 4. The normalized spacial score (nSPS) is 17.6. The average molecular weight is 653 g/mol. The van der Waals surface area contributed by atoms with Crippen molar-refractivity contribution in [2.45, 2.75) is 82.6 Å². The van der Waals surface area contributed by atoms with E-state index >= 15 is 0 Å². The van der Waals surface area contributed by atoms with Crippen molar-refractivity contribution in [1.29, 1.82) is 0 Å². The van der Waals surface area contributed by atoms with Gasteiger partial charge in [0.15, 0.2) is 5.78 Å². The number of epoxide rings is 1. The van der Waals surface area contributed by atoms with Crippen molar-refractivity contribution in [3.8, 4) is 0 Å². The topological polar surface area (TPSA) is 166 Å². The number of carbonyl (C=O) groups excluding carboxylic acids is 4. The Morgan fingerprint density at radius 2 is 1.23 bits per heavy atom. The lowest BCUT2D eigenvalue weighted by Crippen LogP contribution is -2.58. The minimum atomic E-state index is -1.10. The lowest BCUT2D eigenvalue weighted by atomic mass is 9.93. The fourth-order valence-electron chi connectivity index (χ4n) is 5.50. The summed E-state index contributed by atoms with van der Waals surface area (Å²) >= 11 is 0. The predicted molar refractivity (Wildman–Crippen MR) is 183 cm³/mol. The van der Waals surface area contributed by atoms with Gasteiger partial charge in [0.05, 0.1) is 12.6 Å². The zero-order valence-corrected chi connectivity index (χ0v) is 27.7. The molecule has 1 saturated heterocycles. The highest BCUT2D eigenvalue weighted by Gasteiger charge is 2.50. The Labute approximate surface area is 281 Å². The van der Waals surface area contributed by atoms with Gasteiger partial charge in [-0.25, -0.2) is 0 Å². The van der Waals surface area contributed by atoms with E-state index in [9.17, 15) is 24.7 Å². The number of ether oxygens (including phenoxy) is 1. The average Bonchev–Trinajstić information content (AvgIpc) is 3.84. The third-order valence-corrected chi connectivity index (χ3v) is 8.32. The van der Waals surface area contributed by atoms with E-state index in [1.807, 2.05) is 105 Å². The molecule has 3 N–H and O–H groups in total. The molecule has 1 heterocycles. The Morgan fingerprint density at radius 1 is 0.750 bits per heavy atom. The van der Waals surface area contributed by atoms with Crippen molar-refractivity contribution in [3.05, 3.63) is 118 Å². The summed E-state index contributed by atoms with van der Waals surface area (Å²) in [5.41, 5.74) is 10.9. The van der Waals surface area contributed by atoms with Crippen molar-refractivity contribution < 1.29 is 23.9 Å². The van der Waals surface area contributed by atoms with Gasteiger partial charge in [-0.15, -0.1) is 0 Å². The maximum absolute atomic E-state index is 14.0. The second-order valence-corrected chi connectivity index (χ2v) is 12.8. The number of aryl methyl sites for hydroxylation is 1. The maximum Gasteiger partial charge on any atom is 0.243 e. The fourth-order valence-corrected chi connectivity index (χ4v) is 5.50. The van der Waals surface area contributed by atoms with Gasteiger partial charge in [-0.2, -0.15) is 0 Å². The van der Waals surface area contributed by atoms with Gasteiger partial charge >= 0.3 is 0 Å². The van der Waals surface area contributed by atoms with Gasteiger partial charge in [0.1, 0.15) is 23.7 Å². The van der Waals surface area contributed by atoms with Crippen molar-refractivity contribution in [2.24, 2.45) is 11.0 Å². The van der Waals surface area contributed by atoms with E-state index in [4.69, 9.17) is 4.74 Å². The SMILES string of the molecule is CC(C)C[C@H](NC(=O)[C@H](Cc1ccccc1)NC(=O)[C@H](CCc1ccccc1)NC(=O)[C@H](Cc1ccccc1)N=[N+]=[N-])C(=O)[C@@]1(C)CO1. The van der Waals surface area contributed by atoms with Crippen molar-refractivity contribution in [3.63, 3.8) is 0 Å². The fraction of sp³-hybridized carbons (Fsp3) is 0.405. The molecule has 1 fully saturated rings. The molecule has 11 nitrogen and oxygen atoms in total.